The van der Waals surface area contributed by atoms with Gasteiger partial charge in [-0.1, -0.05) is 115 Å². The van der Waals surface area contributed by atoms with Gasteiger partial charge in [-0.2, -0.15) is 0 Å². The molecule has 0 atom stereocenters. The largest absolute Gasteiger partial charge is 0.310 e. The van der Waals surface area contributed by atoms with Crippen molar-refractivity contribution >= 4 is 81.1 Å². The summed E-state index contributed by atoms with van der Waals surface area (Å²) < 4.78 is 5.05. The Bertz CT molecular complexity index is 2820. The topological polar surface area (TPSA) is 8.17 Å². The van der Waals surface area contributed by atoms with Crippen LogP contribution in [0, 0.1) is 0 Å². The minimum Gasteiger partial charge on any atom is -0.310 e. The summed E-state index contributed by atoms with van der Waals surface area (Å²) in [6.07, 6.45) is 0. The standard InChI is InChI=1S/C46H30N2S/c1-2-13-34(14-3-1)48-43-18-8-6-16-38(43)39-27-26-36(30-44(39)48)47(42-19-10-12-32-11-4-5-15-37(32)42)35-24-21-31(22-25-35)33-23-28-46-41(29-33)40-17-7-9-20-45(40)49-46/h1-30H. The Kier molecular flexibility index (Phi) is 6.39. The zero-order valence-electron chi connectivity index (χ0n) is 26.6. The van der Waals surface area contributed by atoms with Crippen LogP contribution in [0.3, 0.4) is 0 Å². The molecule has 3 heteroatoms. The molecular formula is C46H30N2S. The van der Waals surface area contributed by atoms with Gasteiger partial charge in [-0.05, 0) is 83.2 Å². The third kappa shape index (κ3) is 4.55. The van der Waals surface area contributed by atoms with E-state index >= 15 is 0 Å². The van der Waals surface area contributed by atoms with Gasteiger partial charge in [0.25, 0.3) is 0 Å². The maximum atomic E-state index is 2.41. The molecule has 2 nitrogen and oxygen atoms in total. The second-order valence-corrected chi connectivity index (χ2v) is 13.7. The molecule has 8 aromatic carbocycles. The number of anilines is 3. The number of hydrogen-bond donors (Lipinski definition) is 0. The molecular weight excluding hydrogens is 613 g/mol. The van der Waals surface area contributed by atoms with Crippen molar-refractivity contribution in [2.24, 2.45) is 0 Å². The second-order valence-electron chi connectivity index (χ2n) is 12.6. The van der Waals surface area contributed by atoms with Gasteiger partial charge >= 0.3 is 0 Å². The van der Waals surface area contributed by atoms with Crippen LogP contribution in [0.25, 0.3) is 69.6 Å². The van der Waals surface area contributed by atoms with Crippen molar-refractivity contribution in [1.29, 1.82) is 0 Å². The van der Waals surface area contributed by atoms with E-state index in [4.69, 9.17) is 0 Å². The van der Waals surface area contributed by atoms with Gasteiger partial charge < -0.3 is 9.47 Å². The molecule has 0 radical (unpaired) electrons. The van der Waals surface area contributed by atoms with Crippen LogP contribution in [0.1, 0.15) is 0 Å². The van der Waals surface area contributed by atoms with Crippen molar-refractivity contribution in [3.8, 4) is 16.8 Å². The van der Waals surface area contributed by atoms with Crippen LogP contribution in [0.5, 0.6) is 0 Å². The summed E-state index contributed by atoms with van der Waals surface area (Å²) in [4.78, 5) is 2.41. The highest BCUT2D eigenvalue weighted by molar-refractivity contribution is 7.25. The molecule has 0 saturated heterocycles. The second kappa shape index (κ2) is 11.2. The fraction of sp³-hybridized carbons (Fsp3) is 0. The Morgan fingerprint density at radius 3 is 1.92 bits per heavy atom. The number of rotatable bonds is 5. The van der Waals surface area contributed by atoms with Gasteiger partial charge in [0.15, 0.2) is 0 Å². The molecule has 0 spiro atoms. The first kappa shape index (κ1) is 27.9. The normalized spacial score (nSPS) is 11.7. The lowest BCUT2D eigenvalue weighted by molar-refractivity contribution is 1.18. The summed E-state index contributed by atoms with van der Waals surface area (Å²) >= 11 is 1.86. The highest BCUT2D eigenvalue weighted by atomic mass is 32.1. The van der Waals surface area contributed by atoms with E-state index in [1.807, 2.05) is 11.3 Å². The van der Waals surface area contributed by atoms with Crippen molar-refractivity contribution in [2.75, 3.05) is 4.90 Å². The molecule has 0 aliphatic carbocycles. The summed E-state index contributed by atoms with van der Waals surface area (Å²) in [5, 5.41) is 7.58. The van der Waals surface area contributed by atoms with E-state index in [-0.39, 0.29) is 0 Å². The van der Waals surface area contributed by atoms with Crippen LogP contribution < -0.4 is 4.90 Å². The van der Waals surface area contributed by atoms with E-state index < -0.39 is 0 Å². The Labute approximate surface area is 288 Å². The molecule has 0 amide bonds. The number of fused-ring (bicyclic) bond motifs is 7. The molecule has 2 aromatic heterocycles. The van der Waals surface area contributed by atoms with Gasteiger partial charge in [0.1, 0.15) is 0 Å². The molecule has 0 unspecified atom stereocenters. The van der Waals surface area contributed by atoms with E-state index in [9.17, 15) is 0 Å². The number of hydrogen-bond acceptors (Lipinski definition) is 2. The lowest BCUT2D eigenvalue weighted by atomic mass is 10.0. The highest BCUT2D eigenvalue weighted by Gasteiger charge is 2.19. The molecule has 0 fully saturated rings. The van der Waals surface area contributed by atoms with Crippen LogP contribution in [0.2, 0.25) is 0 Å². The number of benzene rings is 8. The lowest BCUT2D eigenvalue weighted by Crippen LogP contribution is -2.10. The lowest BCUT2D eigenvalue weighted by Gasteiger charge is -2.27. The summed E-state index contributed by atoms with van der Waals surface area (Å²) in [6, 6.07) is 66.2. The Morgan fingerprint density at radius 2 is 1.04 bits per heavy atom. The minimum absolute atomic E-state index is 1.11. The number of thiophene rings is 1. The third-order valence-corrected chi connectivity index (χ3v) is 10.9. The maximum Gasteiger partial charge on any atom is 0.0561 e. The Morgan fingerprint density at radius 1 is 0.388 bits per heavy atom. The van der Waals surface area contributed by atoms with Gasteiger partial charge in [-0.3, -0.25) is 0 Å². The van der Waals surface area contributed by atoms with E-state index in [2.05, 4.69) is 191 Å². The number of aromatic nitrogens is 1. The first-order valence-corrected chi connectivity index (χ1v) is 17.5. The third-order valence-electron chi connectivity index (χ3n) is 9.77. The monoisotopic (exact) mass is 642 g/mol. The van der Waals surface area contributed by atoms with Crippen molar-refractivity contribution in [3.63, 3.8) is 0 Å². The summed E-state index contributed by atoms with van der Waals surface area (Å²) in [5.41, 5.74) is 9.36. The van der Waals surface area contributed by atoms with Gasteiger partial charge in [0.05, 0.1) is 16.7 Å². The summed E-state index contributed by atoms with van der Waals surface area (Å²) in [7, 11) is 0. The minimum atomic E-state index is 1.11. The predicted octanol–water partition coefficient (Wildman–Crippen LogP) is 13.4. The van der Waals surface area contributed by atoms with Crippen LogP contribution >= 0.6 is 11.3 Å². The average Bonchev–Trinajstić information content (AvgIpc) is 3.71. The molecule has 0 N–H and O–H groups in total. The van der Waals surface area contributed by atoms with E-state index in [1.165, 1.54) is 63.9 Å². The van der Waals surface area contributed by atoms with Gasteiger partial charge in [0.2, 0.25) is 0 Å². The van der Waals surface area contributed by atoms with Crippen molar-refractivity contribution in [2.45, 2.75) is 0 Å². The molecule has 2 heterocycles. The molecule has 0 aliphatic rings. The summed E-state index contributed by atoms with van der Waals surface area (Å²) in [5.74, 6) is 0. The molecule has 49 heavy (non-hydrogen) atoms. The van der Waals surface area contributed by atoms with Crippen molar-refractivity contribution in [1.82, 2.24) is 4.57 Å². The quantitative estimate of drug-likeness (QED) is 0.181. The van der Waals surface area contributed by atoms with E-state index in [0.29, 0.717) is 0 Å². The van der Waals surface area contributed by atoms with E-state index in [1.54, 1.807) is 0 Å². The zero-order chi connectivity index (χ0) is 32.3. The molecule has 0 bridgehead atoms. The number of nitrogens with zero attached hydrogens (tertiary/aromatic N) is 2. The average molecular weight is 643 g/mol. The highest BCUT2D eigenvalue weighted by Crippen LogP contribution is 2.43. The molecule has 10 rings (SSSR count). The number of para-hydroxylation sites is 2. The van der Waals surface area contributed by atoms with Gasteiger partial charge in [0, 0.05) is 53.4 Å². The van der Waals surface area contributed by atoms with E-state index in [0.717, 1.165) is 22.7 Å². The van der Waals surface area contributed by atoms with Gasteiger partial charge in [-0.25, -0.2) is 0 Å². The first-order valence-electron chi connectivity index (χ1n) is 16.7. The van der Waals surface area contributed by atoms with Crippen LogP contribution in [-0.4, -0.2) is 4.57 Å². The first-order chi connectivity index (χ1) is 24.3. The van der Waals surface area contributed by atoms with Crippen LogP contribution in [0.4, 0.5) is 17.1 Å². The van der Waals surface area contributed by atoms with Crippen molar-refractivity contribution in [3.05, 3.63) is 182 Å². The SMILES string of the molecule is c1ccc(-n2c3ccccc3c3ccc(N(c4ccc(-c5ccc6sc7ccccc7c6c5)cc4)c4cccc5ccccc45)cc32)cc1. The fourth-order valence-corrected chi connectivity index (χ4v) is 8.58. The predicted molar refractivity (Wildman–Crippen MR) is 211 cm³/mol. The summed E-state index contributed by atoms with van der Waals surface area (Å²) in [6.45, 7) is 0. The Hall–Kier alpha value is -6.16. The van der Waals surface area contributed by atoms with Gasteiger partial charge in [-0.15, -0.1) is 11.3 Å². The van der Waals surface area contributed by atoms with Crippen molar-refractivity contribution < 1.29 is 0 Å². The molecule has 10 aromatic rings. The zero-order valence-corrected chi connectivity index (χ0v) is 27.4. The van der Waals surface area contributed by atoms with Crippen LogP contribution in [-0.2, 0) is 0 Å². The Balaban J connectivity index is 1.16. The molecule has 0 saturated carbocycles. The van der Waals surface area contributed by atoms with Crippen LogP contribution in [0.15, 0.2) is 182 Å². The molecule has 230 valence electrons. The maximum absolute atomic E-state index is 2.41. The smallest absolute Gasteiger partial charge is 0.0561 e. The molecule has 0 aliphatic heterocycles. The fourth-order valence-electron chi connectivity index (χ4n) is 7.49.